The van der Waals surface area contributed by atoms with Crippen LogP contribution in [0.2, 0.25) is 0 Å². The van der Waals surface area contributed by atoms with Crippen molar-refractivity contribution in [3.63, 3.8) is 0 Å². The van der Waals surface area contributed by atoms with Crippen LogP contribution in [0.25, 0.3) is 0 Å². The average molecular weight is 323 g/mol. The predicted octanol–water partition coefficient (Wildman–Crippen LogP) is 4.03. The van der Waals surface area contributed by atoms with Gasteiger partial charge in [0.05, 0.1) is 0 Å². The van der Waals surface area contributed by atoms with Crippen LogP contribution in [-0.4, -0.2) is 48.4 Å². The highest BCUT2D eigenvalue weighted by Gasteiger charge is 2.32. The van der Waals surface area contributed by atoms with Gasteiger partial charge in [0, 0.05) is 25.6 Å². The summed E-state index contributed by atoms with van der Waals surface area (Å²) in [6, 6.07) is 0.488. The predicted molar refractivity (Wildman–Crippen MR) is 97.4 cm³/mol. The van der Waals surface area contributed by atoms with Gasteiger partial charge in [0.2, 0.25) is 5.91 Å². The van der Waals surface area contributed by atoms with Crippen LogP contribution < -0.4 is 0 Å². The summed E-state index contributed by atoms with van der Waals surface area (Å²) in [5.41, 5.74) is 0. The Balaban J connectivity index is 1.74. The van der Waals surface area contributed by atoms with Crippen molar-refractivity contribution in [2.24, 2.45) is 23.7 Å². The van der Waals surface area contributed by atoms with E-state index in [2.05, 4.69) is 18.7 Å². The summed E-state index contributed by atoms with van der Waals surface area (Å²) in [6.07, 6.45) is 7.87. The Morgan fingerprint density at radius 1 is 0.957 bits per heavy atom. The molecule has 1 amide bonds. The quantitative estimate of drug-likeness (QED) is 0.763. The van der Waals surface area contributed by atoms with E-state index < -0.39 is 0 Å². The molecule has 0 N–H and O–H groups in total. The minimum absolute atomic E-state index is 0.128. The molecular formula is C20H38N2O. The van der Waals surface area contributed by atoms with Crippen LogP contribution in [0, 0.1) is 23.7 Å². The van der Waals surface area contributed by atoms with E-state index in [1.54, 1.807) is 0 Å². The zero-order valence-electron chi connectivity index (χ0n) is 16.1. The summed E-state index contributed by atoms with van der Waals surface area (Å²) in [4.78, 5) is 16.9. The number of rotatable bonds is 5. The van der Waals surface area contributed by atoms with Crippen molar-refractivity contribution in [3.05, 3.63) is 0 Å². The van der Waals surface area contributed by atoms with Crippen molar-refractivity contribution < 1.29 is 4.79 Å². The van der Waals surface area contributed by atoms with Crippen LogP contribution in [0.4, 0.5) is 0 Å². The van der Waals surface area contributed by atoms with Crippen LogP contribution >= 0.6 is 0 Å². The normalized spacial score (nSPS) is 27.6. The van der Waals surface area contributed by atoms with Crippen molar-refractivity contribution in [1.82, 2.24) is 9.80 Å². The number of nitrogens with zero attached hydrogens (tertiary/aromatic N) is 2. The number of hydrogen-bond donors (Lipinski definition) is 0. The molecule has 0 radical (unpaired) electrons. The van der Waals surface area contributed by atoms with Gasteiger partial charge in [-0.05, 0) is 69.4 Å². The van der Waals surface area contributed by atoms with E-state index in [4.69, 9.17) is 0 Å². The highest BCUT2D eigenvalue weighted by atomic mass is 16.2. The fourth-order valence-corrected chi connectivity index (χ4v) is 4.67. The van der Waals surface area contributed by atoms with Gasteiger partial charge >= 0.3 is 0 Å². The highest BCUT2D eigenvalue weighted by Crippen LogP contribution is 2.37. The molecule has 2 rings (SSSR count). The Kier molecular flexibility index (Phi) is 6.94. The molecule has 1 saturated carbocycles. The van der Waals surface area contributed by atoms with Crippen LogP contribution in [0.5, 0.6) is 0 Å². The van der Waals surface area contributed by atoms with E-state index in [9.17, 15) is 4.79 Å². The van der Waals surface area contributed by atoms with Gasteiger partial charge in [-0.15, -0.1) is 0 Å². The first-order chi connectivity index (χ1) is 10.9. The summed E-state index contributed by atoms with van der Waals surface area (Å²) in [6.45, 7) is 12.5. The summed E-state index contributed by atoms with van der Waals surface area (Å²) in [7, 11) is 2.01. The van der Waals surface area contributed by atoms with Crippen LogP contribution in [0.1, 0.15) is 66.2 Å². The van der Waals surface area contributed by atoms with Gasteiger partial charge < -0.3 is 9.80 Å². The molecular weight excluding hydrogens is 284 g/mol. The molecule has 2 aliphatic rings. The van der Waals surface area contributed by atoms with Crippen LogP contribution in [0.3, 0.4) is 0 Å². The molecule has 0 aromatic carbocycles. The number of likely N-dealkylation sites (tertiary alicyclic amines) is 1. The Hall–Kier alpha value is -0.570. The van der Waals surface area contributed by atoms with E-state index in [-0.39, 0.29) is 5.92 Å². The van der Waals surface area contributed by atoms with Gasteiger partial charge in [-0.2, -0.15) is 0 Å². The van der Waals surface area contributed by atoms with Crippen molar-refractivity contribution >= 4 is 5.91 Å². The number of carbonyl (C=O) groups excluding carboxylic acids is 1. The molecule has 2 fully saturated rings. The van der Waals surface area contributed by atoms with Gasteiger partial charge in [-0.1, -0.05) is 27.7 Å². The Bertz CT molecular complexity index is 364. The smallest absolute Gasteiger partial charge is 0.225 e. The number of piperidine rings is 1. The molecule has 1 saturated heterocycles. The highest BCUT2D eigenvalue weighted by molar-refractivity contribution is 5.78. The first-order valence-corrected chi connectivity index (χ1v) is 9.87. The molecule has 1 aliphatic carbocycles. The summed E-state index contributed by atoms with van der Waals surface area (Å²) in [5, 5.41) is 0. The molecule has 0 atom stereocenters. The third-order valence-electron chi connectivity index (χ3n) is 6.05. The molecule has 0 bridgehead atoms. The lowest BCUT2D eigenvalue weighted by atomic mass is 9.74. The second-order valence-electron chi connectivity index (χ2n) is 8.70. The molecule has 3 nitrogen and oxygen atoms in total. The van der Waals surface area contributed by atoms with Crippen molar-refractivity contribution in [2.45, 2.75) is 72.3 Å². The van der Waals surface area contributed by atoms with Gasteiger partial charge in [0.15, 0.2) is 0 Å². The summed E-state index contributed by atoms with van der Waals surface area (Å²) < 4.78 is 0. The maximum Gasteiger partial charge on any atom is 0.225 e. The molecule has 0 spiro atoms. The third-order valence-corrected chi connectivity index (χ3v) is 6.05. The number of carbonyl (C=O) groups is 1. The largest absolute Gasteiger partial charge is 0.343 e. The maximum absolute atomic E-state index is 12.2. The Morgan fingerprint density at radius 3 is 1.96 bits per heavy atom. The summed E-state index contributed by atoms with van der Waals surface area (Å²) >= 11 is 0. The lowest BCUT2D eigenvalue weighted by molar-refractivity contribution is -0.136. The van der Waals surface area contributed by atoms with Gasteiger partial charge in [0.1, 0.15) is 0 Å². The standard InChI is InChI=1S/C20H38N2O/c1-15(2)14-22-12-10-18(11-13-22)17-6-8-19(9-7-17)21(5)20(23)16(3)4/h15-19H,6-14H2,1-5H3. The van der Waals surface area contributed by atoms with Crippen molar-refractivity contribution in [3.8, 4) is 0 Å². The third kappa shape index (κ3) is 5.20. The topological polar surface area (TPSA) is 23.6 Å². The molecule has 0 unspecified atom stereocenters. The van der Waals surface area contributed by atoms with Crippen molar-refractivity contribution in [2.75, 3.05) is 26.7 Å². The van der Waals surface area contributed by atoms with Gasteiger partial charge in [-0.25, -0.2) is 0 Å². The Morgan fingerprint density at radius 2 is 1.48 bits per heavy atom. The van der Waals surface area contributed by atoms with Gasteiger partial charge in [0.25, 0.3) is 0 Å². The fourth-order valence-electron chi connectivity index (χ4n) is 4.67. The van der Waals surface area contributed by atoms with Crippen molar-refractivity contribution in [1.29, 1.82) is 0 Å². The molecule has 1 aliphatic heterocycles. The second-order valence-corrected chi connectivity index (χ2v) is 8.70. The zero-order valence-corrected chi connectivity index (χ0v) is 16.1. The van der Waals surface area contributed by atoms with E-state index >= 15 is 0 Å². The zero-order chi connectivity index (χ0) is 17.0. The van der Waals surface area contributed by atoms with Crippen LogP contribution in [-0.2, 0) is 4.79 Å². The Labute approximate surface area is 143 Å². The molecule has 0 aromatic rings. The number of amides is 1. The van der Waals surface area contributed by atoms with E-state index in [1.165, 1.54) is 58.2 Å². The minimum Gasteiger partial charge on any atom is -0.343 e. The monoisotopic (exact) mass is 322 g/mol. The first kappa shape index (κ1) is 18.8. The lowest BCUT2D eigenvalue weighted by Gasteiger charge is -2.41. The SMILES string of the molecule is CC(C)CN1CCC(C2CCC(N(C)C(=O)C(C)C)CC2)CC1. The van der Waals surface area contributed by atoms with Gasteiger partial charge in [-0.3, -0.25) is 4.79 Å². The minimum atomic E-state index is 0.128. The van der Waals surface area contributed by atoms with Crippen LogP contribution in [0.15, 0.2) is 0 Å². The average Bonchev–Trinajstić information content (AvgIpc) is 2.53. The lowest BCUT2D eigenvalue weighted by Crippen LogP contribution is -2.43. The fraction of sp³-hybridized carbons (Fsp3) is 0.950. The number of hydrogen-bond acceptors (Lipinski definition) is 2. The summed E-state index contributed by atoms with van der Waals surface area (Å²) in [5.74, 6) is 3.08. The molecule has 3 heteroatoms. The first-order valence-electron chi connectivity index (χ1n) is 9.87. The van der Waals surface area contributed by atoms with E-state index in [0.29, 0.717) is 11.9 Å². The van der Waals surface area contributed by atoms with E-state index in [0.717, 1.165) is 17.8 Å². The maximum atomic E-state index is 12.2. The second kappa shape index (κ2) is 8.50. The molecule has 0 aromatic heterocycles. The molecule has 134 valence electrons. The van der Waals surface area contributed by atoms with E-state index in [1.807, 2.05) is 25.8 Å². The molecule has 1 heterocycles. The molecule has 23 heavy (non-hydrogen) atoms.